The maximum atomic E-state index is 12.8. The molecule has 2 heterocycles. The first-order valence-electron chi connectivity index (χ1n) is 10.6. The van der Waals surface area contributed by atoms with Crippen molar-refractivity contribution in [2.24, 2.45) is 4.99 Å². The van der Waals surface area contributed by atoms with Gasteiger partial charge in [0.05, 0.1) is 23.9 Å². The molecule has 0 bridgehead atoms. The van der Waals surface area contributed by atoms with Crippen LogP contribution in [-0.4, -0.2) is 35.2 Å². The van der Waals surface area contributed by atoms with Crippen LogP contribution in [0.2, 0.25) is 0 Å². The number of amidine groups is 1. The Hall–Kier alpha value is -3.52. The Morgan fingerprint density at radius 2 is 1.94 bits per heavy atom. The molecule has 0 fully saturated rings. The number of amides is 1. The first-order chi connectivity index (χ1) is 16.0. The number of hydrogen-bond acceptors (Lipinski definition) is 7. The van der Waals surface area contributed by atoms with Crippen LogP contribution in [0.3, 0.4) is 0 Å². The number of esters is 1. The molecule has 170 valence electrons. The highest BCUT2D eigenvalue weighted by atomic mass is 32.2. The van der Waals surface area contributed by atoms with Gasteiger partial charge in [0.25, 0.3) is 5.91 Å². The minimum atomic E-state index is -0.396. The number of allylic oxidation sites excluding steroid dienone is 1. The minimum absolute atomic E-state index is 0.131. The van der Waals surface area contributed by atoms with Crippen LogP contribution in [0.4, 0.5) is 5.69 Å². The molecule has 8 heteroatoms. The predicted molar refractivity (Wildman–Crippen MR) is 130 cm³/mol. The normalized spacial score (nSPS) is 16.9. The Morgan fingerprint density at radius 1 is 1.15 bits per heavy atom. The van der Waals surface area contributed by atoms with Gasteiger partial charge in [0.15, 0.2) is 11.8 Å². The molecule has 2 aromatic rings. The second kappa shape index (κ2) is 9.95. The summed E-state index contributed by atoms with van der Waals surface area (Å²) in [5, 5.41) is 5.55. The molecule has 2 aliphatic heterocycles. The van der Waals surface area contributed by atoms with Crippen LogP contribution in [0.25, 0.3) is 0 Å². The summed E-state index contributed by atoms with van der Waals surface area (Å²) in [5.74, 6) is -0.109. The van der Waals surface area contributed by atoms with Crippen molar-refractivity contribution in [1.29, 1.82) is 0 Å². The number of carbonyl (C=O) groups excluding carboxylic acids is 2. The lowest BCUT2D eigenvalue weighted by molar-refractivity contribution is -0.139. The molecule has 0 radical (unpaired) electrons. The van der Waals surface area contributed by atoms with E-state index >= 15 is 0 Å². The number of hydrogen-bond donors (Lipinski definition) is 1. The molecule has 0 saturated carbocycles. The number of thioether (sulfide) groups is 1. The Kier molecular flexibility index (Phi) is 6.84. The molecule has 7 nitrogen and oxygen atoms in total. The van der Waals surface area contributed by atoms with Gasteiger partial charge < -0.3 is 19.7 Å². The van der Waals surface area contributed by atoms with Crippen molar-refractivity contribution >= 4 is 34.5 Å². The number of benzene rings is 2. The number of aryl methyl sites for hydroxylation is 1. The zero-order valence-corrected chi connectivity index (χ0v) is 19.5. The highest BCUT2D eigenvalue weighted by Crippen LogP contribution is 2.41. The van der Waals surface area contributed by atoms with Crippen molar-refractivity contribution in [3.63, 3.8) is 0 Å². The van der Waals surface area contributed by atoms with Gasteiger partial charge in [-0.2, -0.15) is 0 Å². The van der Waals surface area contributed by atoms with E-state index in [0.29, 0.717) is 17.0 Å². The van der Waals surface area contributed by atoms with Crippen molar-refractivity contribution < 1.29 is 19.1 Å². The lowest BCUT2D eigenvalue weighted by Gasteiger charge is -2.33. The number of fused-ring (bicyclic) bond motifs is 1. The second-order valence-corrected chi connectivity index (χ2v) is 8.48. The van der Waals surface area contributed by atoms with E-state index in [-0.39, 0.29) is 19.1 Å². The average molecular weight is 464 g/mol. The van der Waals surface area contributed by atoms with Crippen LogP contribution in [0.1, 0.15) is 31.0 Å². The van der Waals surface area contributed by atoms with E-state index < -0.39 is 12.0 Å². The highest BCUT2D eigenvalue weighted by Gasteiger charge is 2.37. The summed E-state index contributed by atoms with van der Waals surface area (Å²) >= 11 is 1.50. The first kappa shape index (κ1) is 22.7. The molecule has 2 aliphatic rings. The van der Waals surface area contributed by atoms with Crippen molar-refractivity contribution in [3.8, 4) is 5.75 Å². The van der Waals surface area contributed by atoms with Gasteiger partial charge in [-0.25, -0.2) is 9.79 Å². The second-order valence-electron chi connectivity index (χ2n) is 7.60. The number of nitrogens with zero attached hydrogens (tertiary/aromatic N) is 2. The molecule has 1 atom stereocenters. The smallest absolute Gasteiger partial charge is 0.338 e. The van der Waals surface area contributed by atoms with E-state index in [2.05, 4.69) is 10.3 Å². The molecule has 0 spiro atoms. The van der Waals surface area contributed by atoms with E-state index in [1.807, 2.05) is 72.8 Å². The van der Waals surface area contributed by atoms with Gasteiger partial charge >= 0.3 is 5.97 Å². The van der Waals surface area contributed by atoms with Gasteiger partial charge in [-0.3, -0.25) is 4.79 Å². The summed E-state index contributed by atoms with van der Waals surface area (Å²) in [6.45, 7) is 5.74. The Bertz CT molecular complexity index is 1150. The molecule has 33 heavy (non-hydrogen) atoms. The van der Waals surface area contributed by atoms with E-state index in [0.717, 1.165) is 22.0 Å². The van der Waals surface area contributed by atoms with Crippen molar-refractivity contribution in [1.82, 2.24) is 4.90 Å². The fourth-order valence-corrected chi connectivity index (χ4v) is 4.45. The van der Waals surface area contributed by atoms with Crippen molar-refractivity contribution in [3.05, 3.63) is 82.5 Å². The van der Waals surface area contributed by atoms with Gasteiger partial charge in [0, 0.05) is 11.9 Å². The lowest BCUT2D eigenvalue weighted by Crippen LogP contribution is -2.34. The van der Waals surface area contributed by atoms with Gasteiger partial charge in [0.2, 0.25) is 0 Å². The first-order valence-corrected chi connectivity index (χ1v) is 11.5. The maximum absolute atomic E-state index is 12.8. The predicted octanol–water partition coefficient (Wildman–Crippen LogP) is 4.78. The third-order valence-electron chi connectivity index (χ3n) is 5.19. The molecule has 0 aliphatic carbocycles. The number of ether oxygens (including phenoxy) is 2. The topological polar surface area (TPSA) is 80.2 Å². The van der Waals surface area contributed by atoms with Gasteiger partial charge in [0.1, 0.15) is 5.75 Å². The van der Waals surface area contributed by atoms with Gasteiger partial charge in [-0.15, -0.1) is 0 Å². The summed E-state index contributed by atoms with van der Waals surface area (Å²) in [7, 11) is 0. The molecule has 1 amide bonds. The van der Waals surface area contributed by atoms with Crippen molar-refractivity contribution in [2.75, 3.05) is 18.5 Å². The molecule has 1 N–H and O–H groups in total. The number of aliphatic imine (C=N–C) groups is 1. The Balaban J connectivity index is 1.52. The monoisotopic (exact) mass is 463 g/mol. The molecular weight excluding hydrogens is 438 g/mol. The fraction of sp³-hybridized carbons (Fsp3) is 0.240. The van der Waals surface area contributed by atoms with Crippen LogP contribution < -0.4 is 10.1 Å². The zero-order chi connectivity index (χ0) is 23.4. The number of rotatable bonds is 7. The van der Waals surface area contributed by atoms with Crippen molar-refractivity contribution in [2.45, 2.75) is 26.8 Å². The number of anilines is 1. The number of carbonyl (C=O) groups is 2. The summed E-state index contributed by atoms with van der Waals surface area (Å²) in [4.78, 5) is 31.6. The van der Waals surface area contributed by atoms with Crippen LogP contribution in [-0.2, 0) is 14.3 Å². The Morgan fingerprint density at radius 3 is 2.70 bits per heavy atom. The molecular formula is C25H25N3O4S. The van der Waals surface area contributed by atoms with Gasteiger partial charge in [-0.05, 0) is 56.0 Å². The average Bonchev–Trinajstić information content (AvgIpc) is 3.26. The number of nitrogens with one attached hydrogen (secondary N) is 1. The Labute approximate surface area is 197 Å². The molecule has 0 saturated heterocycles. The highest BCUT2D eigenvalue weighted by molar-refractivity contribution is 8.16. The molecule has 0 aromatic heterocycles. The quantitative estimate of drug-likeness (QED) is 0.595. The zero-order valence-electron chi connectivity index (χ0n) is 18.7. The third-order valence-corrected chi connectivity index (χ3v) is 5.97. The largest absolute Gasteiger partial charge is 0.484 e. The maximum Gasteiger partial charge on any atom is 0.338 e. The summed E-state index contributed by atoms with van der Waals surface area (Å²) in [6, 6.07) is 14.6. The van der Waals surface area contributed by atoms with E-state index in [9.17, 15) is 9.59 Å². The van der Waals surface area contributed by atoms with Crippen LogP contribution >= 0.6 is 11.8 Å². The van der Waals surface area contributed by atoms with E-state index in [4.69, 9.17) is 9.47 Å². The SMILES string of the molecule is CCOC(=O)C1=C(C)N=C2SC=CN2C1c1cccc(OCC(=O)Nc2ccc(C)cc2)c1. The van der Waals surface area contributed by atoms with Crippen LogP contribution in [0.15, 0.2) is 76.4 Å². The summed E-state index contributed by atoms with van der Waals surface area (Å²) in [5.41, 5.74) is 3.80. The summed E-state index contributed by atoms with van der Waals surface area (Å²) < 4.78 is 11.1. The van der Waals surface area contributed by atoms with Crippen LogP contribution in [0, 0.1) is 6.92 Å². The molecule has 2 aromatic carbocycles. The van der Waals surface area contributed by atoms with E-state index in [1.54, 1.807) is 13.0 Å². The van der Waals surface area contributed by atoms with Gasteiger partial charge in [-0.1, -0.05) is 41.6 Å². The minimum Gasteiger partial charge on any atom is -0.484 e. The van der Waals surface area contributed by atoms with E-state index in [1.165, 1.54) is 11.8 Å². The van der Waals surface area contributed by atoms with Crippen LogP contribution in [0.5, 0.6) is 5.75 Å². The lowest BCUT2D eigenvalue weighted by atomic mass is 9.94. The molecule has 4 rings (SSSR count). The summed E-state index contributed by atoms with van der Waals surface area (Å²) in [6.07, 6.45) is 1.91. The molecule has 1 unspecified atom stereocenters. The standard InChI is InChI=1S/C25H25N3O4S/c1-4-31-24(30)22-17(3)26-25-28(12-13-33-25)23(22)18-6-5-7-20(14-18)32-15-21(29)27-19-10-8-16(2)9-11-19/h5-14,23H,4,15H2,1-3H3,(H,27,29). The third kappa shape index (κ3) is 5.12. The fourth-order valence-electron chi connectivity index (χ4n) is 3.66.